The number of carbonyl (C=O) groups excluding carboxylic acids is 1. The summed E-state index contributed by atoms with van der Waals surface area (Å²) in [5.74, 6) is -0.287. The number of hydrogen-bond acceptors (Lipinski definition) is 4. The number of fused-ring (bicyclic) bond motifs is 1. The van der Waals surface area contributed by atoms with Crippen LogP contribution in [0.25, 0.3) is 0 Å². The fourth-order valence-corrected chi connectivity index (χ4v) is 3.54. The Balaban J connectivity index is 1.68. The van der Waals surface area contributed by atoms with Gasteiger partial charge in [-0.15, -0.1) is 0 Å². The van der Waals surface area contributed by atoms with E-state index in [0.717, 1.165) is 29.7 Å². The molecule has 4 rings (SSSR count). The summed E-state index contributed by atoms with van der Waals surface area (Å²) in [7, 11) is 0. The maximum absolute atomic E-state index is 13.3. The molecule has 0 radical (unpaired) electrons. The molecule has 1 aliphatic carbocycles. The number of carbonyl (C=O) groups is 1. The Morgan fingerprint density at radius 3 is 2.59 bits per heavy atom. The normalized spacial score (nSPS) is 15.5. The Morgan fingerprint density at radius 2 is 1.97 bits per heavy atom. The van der Waals surface area contributed by atoms with Crippen LogP contribution in [0.5, 0.6) is 0 Å². The largest absolute Gasteiger partial charge is 0.434 e. The first-order valence-electron chi connectivity index (χ1n) is 9.18. The van der Waals surface area contributed by atoms with E-state index in [9.17, 15) is 18.0 Å². The Labute approximate surface area is 165 Å². The summed E-state index contributed by atoms with van der Waals surface area (Å²) >= 11 is 0. The van der Waals surface area contributed by atoms with E-state index in [4.69, 9.17) is 5.26 Å². The van der Waals surface area contributed by atoms with Gasteiger partial charge >= 0.3 is 6.18 Å². The summed E-state index contributed by atoms with van der Waals surface area (Å²) in [6, 6.07) is 6.94. The molecule has 2 aromatic rings. The van der Waals surface area contributed by atoms with E-state index >= 15 is 0 Å². The van der Waals surface area contributed by atoms with Gasteiger partial charge in [-0.05, 0) is 55.5 Å². The first-order valence-corrected chi connectivity index (χ1v) is 9.18. The van der Waals surface area contributed by atoms with Crippen LogP contribution in [-0.2, 0) is 12.7 Å². The molecule has 1 aromatic carbocycles. The second kappa shape index (κ2) is 6.69. The zero-order valence-electron chi connectivity index (χ0n) is 15.8. The second-order valence-corrected chi connectivity index (χ2v) is 7.35. The molecule has 148 valence electrons. The van der Waals surface area contributed by atoms with Crippen LogP contribution in [0.15, 0.2) is 23.2 Å². The molecule has 1 N–H and O–H groups in total. The van der Waals surface area contributed by atoms with Crippen molar-refractivity contribution in [2.45, 2.75) is 39.4 Å². The number of aliphatic imine (C=N–C) groups is 1. The summed E-state index contributed by atoms with van der Waals surface area (Å²) in [4.78, 5) is 20.8. The summed E-state index contributed by atoms with van der Waals surface area (Å²) in [5, 5.41) is 11.8. The maximum atomic E-state index is 13.3. The highest BCUT2D eigenvalue weighted by molar-refractivity contribution is 6.09. The molecule has 5 nitrogen and oxygen atoms in total. The summed E-state index contributed by atoms with van der Waals surface area (Å²) in [6.07, 6.45) is -2.63. The van der Waals surface area contributed by atoms with Gasteiger partial charge in [-0.2, -0.15) is 18.4 Å². The number of nitrogens with zero attached hydrogens (tertiary/aromatic N) is 3. The third kappa shape index (κ3) is 3.37. The predicted octanol–water partition coefficient (Wildman–Crippen LogP) is 4.55. The highest BCUT2D eigenvalue weighted by Crippen LogP contribution is 2.38. The van der Waals surface area contributed by atoms with Gasteiger partial charge in [-0.3, -0.25) is 9.79 Å². The molecule has 0 atom stereocenters. The van der Waals surface area contributed by atoms with Gasteiger partial charge in [0.2, 0.25) is 0 Å². The Bertz CT molecular complexity index is 1110. The molecule has 1 fully saturated rings. The number of alkyl halides is 3. The average molecular weight is 398 g/mol. The van der Waals surface area contributed by atoms with Crippen LogP contribution in [0, 0.1) is 31.1 Å². The minimum atomic E-state index is -4.83. The molecule has 1 aromatic heterocycles. The SMILES string of the molecule is Cc1c(C(=O)Nc2ccc3c(c2)C(C2CC2)=NC3)nc(C(F)(F)F)c(C#N)c1C. The van der Waals surface area contributed by atoms with Crippen molar-refractivity contribution in [3.8, 4) is 6.07 Å². The molecule has 0 unspecified atom stereocenters. The standard InChI is InChI=1S/C21H17F3N4O/c1-10-11(2)17(28-19(16(10)8-25)21(22,23)24)20(29)27-14-6-5-13-9-26-18(12-3-4-12)15(13)7-14/h5-7,12H,3-4,9H2,1-2H3,(H,27,29). The van der Waals surface area contributed by atoms with E-state index in [1.54, 1.807) is 12.1 Å². The van der Waals surface area contributed by atoms with Crippen molar-refractivity contribution in [2.24, 2.45) is 10.9 Å². The van der Waals surface area contributed by atoms with Gasteiger partial charge in [0, 0.05) is 22.9 Å². The number of nitriles is 1. The fourth-order valence-electron chi connectivity index (χ4n) is 3.54. The first-order chi connectivity index (χ1) is 13.7. The number of anilines is 1. The van der Waals surface area contributed by atoms with E-state index in [1.807, 2.05) is 12.1 Å². The number of amides is 1. The Kier molecular flexibility index (Phi) is 4.41. The summed E-state index contributed by atoms with van der Waals surface area (Å²) in [5.41, 5.74) is 1.67. The van der Waals surface area contributed by atoms with Gasteiger partial charge in [-0.25, -0.2) is 4.98 Å². The molecule has 0 spiro atoms. The van der Waals surface area contributed by atoms with E-state index in [0.29, 0.717) is 18.2 Å². The number of benzene rings is 1. The van der Waals surface area contributed by atoms with Gasteiger partial charge in [0.05, 0.1) is 12.1 Å². The lowest BCUT2D eigenvalue weighted by Gasteiger charge is -2.15. The highest BCUT2D eigenvalue weighted by Gasteiger charge is 2.38. The number of pyridine rings is 1. The number of nitrogens with one attached hydrogen (secondary N) is 1. The topological polar surface area (TPSA) is 78.1 Å². The van der Waals surface area contributed by atoms with Gasteiger partial charge in [0.1, 0.15) is 11.8 Å². The van der Waals surface area contributed by atoms with Gasteiger partial charge < -0.3 is 5.32 Å². The molecule has 2 heterocycles. The van der Waals surface area contributed by atoms with Crippen LogP contribution in [0.3, 0.4) is 0 Å². The lowest BCUT2D eigenvalue weighted by atomic mass is 10.00. The Hall–Kier alpha value is -3.21. The number of aromatic nitrogens is 1. The van der Waals surface area contributed by atoms with Crippen molar-refractivity contribution in [2.75, 3.05) is 5.32 Å². The van der Waals surface area contributed by atoms with Crippen molar-refractivity contribution in [3.05, 3.63) is 57.4 Å². The molecular weight excluding hydrogens is 381 g/mol. The first kappa shape index (κ1) is 19.1. The lowest BCUT2D eigenvalue weighted by molar-refractivity contribution is -0.141. The summed E-state index contributed by atoms with van der Waals surface area (Å²) < 4.78 is 40.0. The van der Waals surface area contributed by atoms with Gasteiger partial charge in [0.25, 0.3) is 5.91 Å². The third-order valence-electron chi connectivity index (χ3n) is 5.38. The van der Waals surface area contributed by atoms with Crippen molar-refractivity contribution in [3.63, 3.8) is 0 Å². The third-order valence-corrected chi connectivity index (χ3v) is 5.38. The van der Waals surface area contributed by atoms with Crippen molar-refractivity contribution >= 4 is 17.3 Å². The maximum Gasteiger partial charge on any atom is 0.434 e. The molecule has 0 saturated heterocycles. The second-order valence-electron chi connectivity index (χ2n) is 7.35. The number of halogens is 3. The molecule has 2 aliphatic rings. The highest BCUT2D eigenvalue weighted by atomic mass is 19.4. The van der Waals surface area contributed by atoms with E-state index in [1.165, 1.54) is 13.8 Å². The van der Waals surface area contributed by atoms with Crippen LogP contribution in [0.4, 0.5) is 18.9 Å². The van der Waals surface area contributed by atoms with E-state index in [-0.39, 0.29) is 16.8 Å². The molecule has 1 saturated carbocycles. The van der Waals surface area contributed by atoms with Crippen molar-refractivity contribution in [1.29, 1.82) is 5.26 Å². The van der Waals surface area contributed by atoms with E-state index < -0.39 is 23.3 Å². The number of rotatable bonds is 3. The van der Waals surface area contributed by atoms with Crippen LogP contribution in [0.2, 0.25) is 0 Å². The molecule has 1 amide bonds. The van der Waals surface area contributed by atoms with Crippen LogP contribution in [0.1, 0.15) is 56.8 Å². The lowest BCUT2D eigenvalue weighted by Crippen LogP contribution is -2.21. The summed E-state index contributed by atoms with van der Waals surface area (Å²) in [6.45, 7) is 3.48. The van der Waals surface area contributed by atoms with Crippen molar-refractivity contribution in [1.82, 2.24) is 4.98 Å². The molecule has 0 bridgehead atoms. The fraction of sp³-hybridized carbons (Fsp3) is 0.333. The number of hydrogen-bond donors (Lipinski definition) is 1. The predicted molar refractivity (Wildman–Crippen MR) is 101 cm³/mol. The smallest absolute Gasteiger partial charge is 0.321 e. The minimum absolute atomic E-state index is 0.0945. The van der Waals surface area contributed by atoms with E-state index in [2.05, 4.69) is 15.3 Å². The molecule has 8 heteroatoms. The van der Waals surface area contributed by atoms with Gasteiger partial charge in [0.15, 0.2) is 5.69 Å². The molecule has 29 heavy (non-hydrogen) atoms. The van der Waals surface area contributed by atoms with Gasteiger partial charge in [-0.1, -0.05) is 6.07 Å². The van der Waals surface area contributed by atoms with Crippen molar-refractivity contribution < 1.29 is 18.0 Å². The Morgan fingerprint density at radius 1 is 1.24 bits per heavy atom. The zero-order valence-corrected chi connectivity index (χ0v) is 15.8. The van der Waals surface area contributed by atoms with Crippen LogP contribution < -0.4 is 5.32 Å². The average Bonchev–Trinajstić information content (AvgIpc) is 3.42. The monoisotopic (exact) mass is 398 g/mol. The zero-order chi connectivity index (χ0) is 20.9. The van der Waals surface area contributed by atoms with Crippen LogP contribution >= 0.6 is 0 Å². The van der Waals surface area contributed by atoms with Crippen LogP contribution in [-0.4, -0.2) is 16.6 Å². The minimum Gasteiger partial charge on any atom is -0.321 e. The molecule has 1 aliphatic heterocycles. The molecular formula is C21H17F3N4O. The quantitative estimate of drug-likeness (QED) is 0.824.